The zero-order valence-corrected chi connectivity index (χ0v) is 6.05. The van der Waals surface area contributed by atoms with E-state index in [0.717, 1.165) is 0 Å². The van der Waals surface area contributed by atoms with Crippen LogP contribution in [0.2, 0.25) is 0 Å². The fourth-order valence-corrected chi connectivity index (χ4v) is 0.487. The summed E-state index contributed by atoms with van der Waals surface area (Å²) in [5, 5.41) is 8.68. The van der Waals surface area contributed by atoms with Crippen LogP contribution in [0.15, 0.2) is 0 Å². The van der Waals surface area contributed by atoms with Gasteiger partial charge in [-0.05, 0) is 6.92 Å². The van der Waals surface area contributed by atoms with Crippen LogP contribution in [0.25, 0.3) is 0 Å². The van der Waals surface area contributed by atoms with Crippen molar-refractivity contribution in [2.45, 2.75) is 17.9 Å². The predicted octanol–water partition coefficient (Wildman–Crippen LogP) is -0.384. The predicted molar refractivity (Wildman–Crippen MR) is 33.6 cm³/mol. The number of carbonyl (C=O) groups excluding carboxylic acids is 1. The molecule has 0 aliphatic heterocycles. The number of rotatable bonds is 2. The Hall–Kier alpha value is -0.0900. The highest BCUT2D eigenvalue weighted by Crippen LogP contribution is 2.02. The molecular formula is C4H8BrNO2. The van der Waals surface area contributed by atoms with Gasteiger partial charge in [-0.15, -0.1) is 0 Å². The molecule has 0 saturated heterocycles. The van der Waals surface area contributed by atoms with E-state index in [-0.39, 0.29) is 4.83 Å². The van der Waals surface area contributed by atoms with Crippen molar-refractivity contribution < 1.29 is 9.90 Å². The van der Waals surface area contributed by atoms with Gasteiger partial charge in [0.05, 0.1) is 0 Å². The van der Waals surface area contributed by atoms with Gasteiger partial charge in [0.1, 0.15) is 6.10 Å². The van der Waals surface area contributed by atoms with Crippen LogP contribution in [0.5, 0.6) is 0 Å². The second-order valence-corrected chi connectivity index (χ2v) is 2.97. The smallest absolute Gasteiger partial charge is 0.247 e. The fourth-order valence-electron chi connectivity index (χ4n) is 0.226. The van der Waals surface area contributed by atoms with E-state index in [9.17, 15) is 4.79 Å². The molecule has 0 aromatic carbocycles. The molecule has 0 saturated carbocycles. The molecule has 0 aliphatic rings. The maximum absolute atomic E-state index is 10.1. The highest BCUT2D eigenvalue weighted by molar-refractivity contribution is 9.09. The minimum atomic E-state index is -1.07. The van der Waals surface area contributed by atoms with Crippen LogP contribution >= 0.6 is 15.9 Å². The first-order chi connectivity index (χ1) is 3.55. The monoisotopic (exact) mass is 181 g/mol. The summed E-state index contributed by atoms with van der Waals surface area (Å²) in [7, 11) is 0. The molecule has 0 heterocycles. The molecule has 0 aliphatic carbocycles. The van der Waals surface area contributed by atoms with Crippen molar-refractivity contribution in [3.8, 4) is 0 Å². The second-order valence-electron chi connectivity index (χ2n) is 1.52. The molecule has 0 radical (unpaired) electrons. The molecule has 3 N–H and O–H groups in total. The first-order valence-corrected chi connectivity index (χ1v) is 3.08. The normalized spacial score (nSPS) is 17.4. The van der Waals surface area contributed by atoms with E-state index in [1.54, 1.807) is 6.92 Å². The SMILES string of the molecule is C[C@@H](Br)[C@H](O)C(N)=O. The number of aliphatic hydroxyl groups excluding tert-OH is 1. The van der Waals surface area contributed by atoms with Crippen molar-refractivity contribution in [1.29, 1.82) is 0 Å². The van der Waals surface area contributed by atoms with Crippen LogP contribution in [0.1, 0.15) is 6.92 Å². The number of hydrogen-bond acceptors (Lipinski definition) is 2. The summed E-state index contributed by atoms with van der Waals surface area (Å²) in [4.78, 5) is 9.82. The topological polar surface area (TPSA) is 63.3 Å². The van der Waals surface area contributed by atoms with Gasteiger partial charge in [-0.1, -0.05) is 15.9 Å². The Labute approximate surface area is 56.0 Å². The standard InChI is InChI=1S/C4H8BrNO2/c1-2(5)3(7)4(6)8/h2-3,7H,1H3,(H2,6,8)/t2-,3+/m1/s1. The summed E-state index contributed by atoms with van der Waals surface area (Å²) in [5.41, 5.74) is 4.72. The molecule has 1 amide bonds. The van der Waals surface area contributed by atoms with Crippen molar-refractivity contribution in [2.75, 3.05) is 0 Å². The number of primary amides is 1. The molecule has 3 nitrogen and oxygen atoms in total. The lowest BCUT2D eigenvalue weighted by Gasteiger charge is -2.06. The van der Waals surface area contributed by atoms with Gasteiger partial charge in [0, 0.05) is 4.83 Å². The van der Waals surface area contributed by atoms with Gasteiger partial charge in [0.2, 0.25) is 5.91 Å². The van der Waals surface area contributed by atoms with Crippen LogP contribution in [0.3, 0.4) is 0 Å². The average Bonchev–Trinajstić information content (AvgIpc) is 1.64. The van der Waals surface area contributed by atoms with Crippen LogP contribution in [-0.2, 0) is 4.79 Å². The first-order valence-electron chi connectivity index (χ1n) is 2.17. The Morgan fingerprint density at radius 1 is 1.88 bits per heavy atom. The summed E-state index contributed by atoms with van der Waals surface area (Å²) >= 11 is 2.99. The molecule has 4 heteroatoms. The van der Waals surface area contributed by atoms with E-state index in [1.807, 2.05) is 0 Å². The fraction of sp³-hybridized carbons (Fsp3) is 0.750. The van der Waals surface area contributed by atoms with Crippen LogP contribution in [-0.4, -0.2) is 21.9 Å². The Balaban J connectivity index is 3.64. The summed E-state index contributed by atoms with van der Waals surface area (Å²) in [6.45, 7) is 1.65. The maximum Gasteiger partial charge on any atom is 0.247 e. The molecule has 48 valence electrons. The third-order valence-corrected chi connectivity index (χ3v) is 1.23. The average molecular weight is 182 g/mol. The molecule has 0 bridgehead atoms. The molecule has 8 heavy (non-hydrogen) atoms. The van der Waals surface area contributed by atoms with Crippen LogP contribution < -0.4 is 5.73 Å². The first kappa shape index (κ1) is 7.91. The van der Waals surface area contributed by atoms with Crippen LogP contribution in [0.4, 0.5) is 0 Å². The van der Waals surface area contributed by atoms with E-state index in [1.165, 1.54) is 0 Å². The number of hydrogen-bond donors (Lipinski definition) is 2. The zero-order chi connectivity index (χ0) is 6.73. The molecule has 0 rings (SSSR count). The summed E-state index contributed by atoms with van der Waals surface area (Å²) in [6, 6.07) is 0. The number of carbonyl (C=O) groups is 1. The third kappa shape index (κ3) is 2.28. The Morgan fingerprint density at radius 3 is 2.25 bits per heavy atom. The van der Waals surface area contributed by atoms with Gasteiger partial charge < -0.3 is 10.8 Å². The van der Waals surface area contributed by atoms with Crippen molar-refractivity contribution in [1.82, 2.24) is 0 Å². The van der Waals surface area contributed by atoms with Gasteiger partial charge in [-0.2, -0.15) is 0 Å². The van der Waals surface area contributed by atoms with Gasteiger partial charge in [0.25, 0.3) is 0 Å². The number of alkyl halides is 1. The van der Waals surface area contributed by atoms with Crippen LogP contribution in [0, 0.1) is 0 Å². The largest absolute Gasteiger partial charge is 0.382 e. The lowest BCUT2D eigenvalue weighted by molar-refractivity contribution is -0.125. The highest BCUT2D eigenvalue weighted by atomic mass is 79.9. The van der Waals surface area contributed by atoms with Gasteiger partial charge >= 0.3 is 0 Å². The Bertz CT molecular complexity index is 94.0. The Morgan fingerprint density at radius 2 is 2.25 bits per heavy atom. The minimum Gasteiger partial charge on any atom is -0.382 e. The molecule has 0 aromatic heterocycles. The number of aliphatic hydroxyl groups is 1. The molecule has 0 unspecified atom stereocenters. The maximum atomic E-state index is 10.1. The van der Waals surface area contributed by atoms with E-state index < -0.39 is 12.0 Å². The second kappa shape index (κ2) is 3.04. The van der Waals surface area contributed by atoms with E-state index >= 15 is 0 Å². The molecule has 0 fully saturated rings. The summed E-state index contributed by atoms with van der Waals surface area (Å²) in [6.07, 6.45) is -1.07. The minimum absolute atomic E-state index is 0.264. The molecule has 0 spiro atoms. The van der Waals surface area contributed by atoms with Crippen molar-refractivity contribution in [3.63, 3.8) is 0 Å². The Kier molecular flexibility index (Phi) is 3.01. The number of amides is 1. The van der Waals surface area contributed by atoms with Crippen molar-refractivity contribution in [3.05, 3.63) is 0 Å². The highest BCUT2D eigenvalue weighted by Gasteiger charge is 2.15. The summed E-state index contributed by atoms with van der Waals surface area (Å²) in [5.74, 6) is -0.700. The quantitative estimate of drug-likeness (QED) is 0.571. The van der Waals surface area contributed by atoms with Gasteiger partial charge in [0.15, 0.2) is 0 Å². The lowest BCUT2D eigenvalue weighted by Crippen LogP contribution is -2.33. The zero-order valence-electron chi connectivity index (χ0n) is 4.47. The number of halogens is 1. The van der Waals surface area contributed by atoms with Gasteiger partial charge in [-0.25, -0.2) is 0 Å². The van der Waals surface area contributed by atoms with Gasteiger partial charge in [-0.3, -0.25) is 4.79 Å². The molecule has 0 aromatic rings. The molecular weight excluding hydrogens is 174 g/mol. The number of nitrogens with two attached hydrogens (primary N) is 1. The van der Waals surface area contributed by atoms with Crippen molar-refractivity contribution >= 4 is 21.8 Å². The van der Waals surface area contributed by atoms with E-state index in [2.05, 4.69) is 15.9 Å². The van der Waals surface area contributed by atoms with E-state index in [4.69, 9.17) is 10.8 Å². The van der Waals surface area contributed by atoms with Crippen molar-refractivity contribution in [2.24, 2.45) is 5.73 Å². The molecule has 2 atom stereocenters. The summed E-state index contributed by atoms with van der Waals surface area (Å²) < 4.78 is 0. The lowest BCUT2D eigenvalue weighted by atomic mass is 10.3. The third-order valence-electron chi connectivity index (χ3n) is 0.727. The van der Waals surface area contributed by atoms with E-state index in [0.29, 0.717) is 0 Å².